The zero-order valence-corrected chi connectivity index (χ0v) is 14.6. The minimum Gasteiger partial charge on any atom is -0.493 e. The highest BCUT2D eigenvalue weighted by Gasteiger charge is 2.39. The van der Waals surface area contributed by atoms with Crippen LogP contribution in [-0.4, -0.2) is 19.0 Å². The molecule has 0 amide bonds. The standard InChI is InChI=1S/C18H25BrO2/c1-20-17-6-4-13(10-18(17)21-2)9-16(19)11-15-8-12-3-5-14(15)7-12/h4,6,10,12,14-16H,3,5,7-9,11H2,1-2H3. The van der Waals surface area contributed by atoms with Gasteiger partial charge in [-0.2, -0.15) is 0 Å². The Labute approximate surface area is 136 Å². The number of halogens is 1. The SMILES string of the molecule is COc1ccc(CC(Br)CC2CC3CCC2C3)cc1OC. The number of benzene rings is 1. The van der Waals surface area contributed by atoms with Crippen LogP contribution in [-0.2, 0) is 6.42 Å². The van der Waals surface area contributed by atoms with Gasteiger partial charge in [-0.25, -0.2) is 0 Å². The predicted molar refractivity (Wildman–Crippen MR) is 89.5 cm³/mol. The van der Waals surface area contributed by atoms with E-state index in [1.807, 2.05) is 6.07 Å². The molecule has 116 valence electrons. The first-order valence-electron chi connectivity index (χ1n) is 8.04. The number of ether oxygens (including phenoxy) is 2. The van der Waals surface area contributed by atoms with Gasteiger partial charge in [0.05, 0.1) is 14.2 Å². The Morgan fingerprint density at radius 1 is 1.14 bits per heavy atom. The molecule has 2 saturated carbocycles. The third kappa shape index (κ3) is 3.39. The average molecular weight is 353 g/mol. The van der Waals surface area contributed by atoms with Crippen molar-refractivity contribution in [1.29, 1.82) is 0 Å². The Morgan fingerprint density at radius 3 is 2.57 bits per heavy atom. The summed E-state index contributed by atoms with van der Waals surface area (Å²) >= 11 is 3.91. The van der Waals surface area contributed by atoms with Gasteiger partial charge in [-0.15, -0.1) is 0 Å². The van der Waals surface area contributed by atoms with Crippen LogP contribution in [0.5, 0.6) is 11.5 Å². The van der Waals surface area contributed by atoms with Crippen LogP contribution >= 0.6 is 15.9 Å². The van der Waals surface area contributed by atoms with Gasteiger partial charge in [-0.1, -0.05) is 28.4 Å². The molecule has 0 heterocycles. The van der Waals surface area contributed by atoms with Crippen molar-refractivity contribution in [2.45, 2.75) is 43.4 Å². The van der Waals surface area contributed by atoms with E-state index in [1.54, 1.807) is 14.2 Å². The lowest BCUT2D eigenvalue weighted by molar-refractivity contribution is 0.312. The van der Waals surface area contributed by atoms with Crippen molar-refractivity contribution in [3.63, 3.8) is 0 Å². The van der Waals surface area contributed by atoms with Crippen molar-refractivity contribution >= 4 is 15.9 Å². The van der Waals surface area contributed by atoms with E-state index < -0.39 is 0 Å². The van der Waals surface area contributed by atoms with E-state index in [-0.39, 0.29) is 0 Å². The quantitative estimate of drug-likeness (QED) is 0.682. The van der Waals surface area contributed by atoms with E-state index in [1.165, 1.54) is 37.7 Å². The van der Waals surface area contributed by atoms with Crippen LogP contribution in [0.4, 0.5) is 0 Å². The first kappa shape index (κ1) is 15.2. The second-order valence-corrected chi connectivity index (χ2v) is 7.96. The zero-order chi connectivity index (χ0) is 14.8. The molecule has 3 heteroatoms. The summed E-state index contributed by atoms with van der Waals surface area (Å²) in [6, 6.07) is 6.26. The maximum atomic E-state index is 5.39. The van der Waals surface area contributed by atoms with E-state index in [9.17, 15) is 0 Å². The maximum absolute atomic E-state index is 5.39. The molecule has 0 N–H and O–H groups in total. The third-order valence-corrected chi connectivity index (χ3v) is 6.05. The van der Waals surface area contributed by atoms with E-state index in [0.717, 1.165) is 35.7 Å². The minimum atomic E-state index is 0.569. The molecule has 0 radical (unpaired) electrons. The van der Waals surface area contributed by atoms with Crippen molar-refractivity contribution in [2.75, 3.05) is 14.2 Å². The minimum absolute atomic E-state index is 0.569. The highest BCUT2D eigenvalue weighted by Crippen LogP contribution is 2.50. The Kier molecular flexibility index (Phi) is 4.78. The van der Waals surface area contributed by atoms with Crippen molar-refractivity contribution in [1.82, 2.24) is 0 Å². The second-order valence-electron chi connectivity index (χ2n) is 6.66. The molecule has 2 nitrogen and oxygen atoms in total. The largest absolute Gasteiger partial charge is 0.493 e. The second kappa shape index (κ2) is 6.60. The molecule has 0 aliphatic heterocycles. The van der Waals surface area contributed by atoms with Gasteiger partial charge in [0.15, 0.2) is 11.5 Å². The summed E-state index contributed by atoms with van der Waals surface area (Å²) in [6.45, 7) is 0. The van der Waals surface area contributed by atoms with E-state index in [2.05, 4.69) is 28.1 Å². The van der Waals surface area contributed by atoms with Crippen molar-refractivity contribution in [2.24, 2.45) is 17.8 Å². The van der Waals surface area contributed by atoms with Crippen molar-refractivity contribution in [3.05, 3.63) is 23.8 Å². The van der Waals surface area contributed by atoms with Crippen LogP contribution in [0.15, 0.2) is 18.2 Å². The molecule has 2 aliphatic carbocycles. The van der Waals surface area contributed by atoms with Crippen molar-refractivity contribution in [3.8, 4) is 11.5 Å². The molecule has 1 aromatic rings. The summed E-state index contributed by atoms with van der Waals surface area (Å²) in [5, 5.41) is 0. The summed E-state index contributed by atoms with van der Waals surface area (Å²) in [7, 11) is 3.38. The summed E-state index contributed by atoms with van der Waals surface area (Å²) < 4.78 is 10.7. The molecule has 2 aliphatic rings. The van der Waals surface area contributed by atoms with Gasteiger partial charge in [-0.05, 0) is 67.6 Å². The Morgan fingerprint density at radius 2 is 1.95 bits per heavy atom. The molecular formula is C18H25BrO2. The first-order valence-corrected chi connectivity index (χ1v) is 8.96. The van der Waals surface area contributed by atoms with Gasteiger partial charge >= 0.3 is 0 Å². The molecule has 4 unspecified atom stereocenters. The fourth-order valence-corrected chi connectivity index (χ4v) is 5.19. The van der Waals surface area contributed by atoms with Crippen LogP contribution in [0.1, 0.15) is 37.7 Å². The number of hydrogen-bond donors (Lipinski definition) is 0. The Balaban J connectivity index is 1.58. The van der Waals surface area contributed by atoms with Crippen LogP contribution < -0.4 is 9.47 Å². The molecule has 0 aromatic heterocycles. The Hall–Kier alpha value is -0.700. The van der Waals surface area contributed by atoms with Gasteiger partial charge in [0.1, 0.15) is 0 Å². The Bertz CT molecular complexity index is 488. The zero-order valence-electron chi connectivity index (χ0n) is 13.0. The molecule has 0 saturated heterocycles. The van der Waals surface area contributed by atoms with Gasteiger partial charge in [0.25, 0.3) is 0 Å². The number of alkyl halides is 1. The lowest BCUT2D eigenvalue weighted by Crippen LogP contribution is -2.16. The molecule has 2 fully saturated rings. The van der Waals surface area contributed by atoms with Crippen LogP contribution in [0.25, 0.3) is 0 Å². The van der Waals surface area contributed by atoms with Gasteiger partial charge in [-0.3, -0.25) is 0 Å². The maximum Gasteiger partial charge on any atom is 0.160 e. The highest BCUT2D eigenvalue weighted by atomic mass is 79.9. The highest BCUT2D eigenvalue weighted by molar-refractivity contribution is 9.09. The molecule has 1 aromatic carbocycles. The molecule has 21 heavy (non-hydrogen) atoms. The van der Waals surface area contributed by atoms with E-state index in [0.29, 0.717) is 4.83 Å². The molecular weight excluding hydrogens is 328 g/mol. The predicted octanol–water partition coefficient (Wildman–Crippen LogP) is 4.84. The molecule has 4 atom stereocenters. The normalized spacial score (nSPS) is 28.6. The summed E-state index contributed by atoms with van der Waals surface area (Å²) in [4.78, 5) is 0.569. The monoisotopic (exact) mass is 352 g/mol. The van der Waals surface area contributed by atoms with Gasteiger partial charge in [0.2, 0.25) is 0 Å². The average Bonchev–Trinajstić information content (AvgIpc) is 3.09. The summed E-state index contributed by atoms with van der Waals surface area (Å²) in [5.41, 5.74) is 1.32. The number of fused-ring (bicyclic) bond motifs is 2. The molecule has 3 rings (SSSR count). The lowest BCUT2D eigenvalue weighted by atomic mass is 9.85. The summed E-state index contributed by atoms with van der Waals surface area (Å²) in [6.07, 6.45) is 8.32. The summed E-state index contributed by atoms with van der Waals surface area (Å²) in [5.74, 6) is 4.64. The third-order valence-electron chi connectivity index (χ3n) is 5.35. The molecule has 0 spiro atoms. The van der Waals surface area contributed by atoms with Crippen LogP contribution in [0.3, 0.4) is 0 Å². The smallest absolute Gasteiger partial charge is 0.160 e. The van der Waals surface area contributed by atoms with Crippen LogP contribution in [0.2, 0.25) is 0 Å². The van der Waals surface area contributed by atoms with Gasteiger partial charge < -0.3 is 9.47 Å². The number of hydrogen-bond acceptors (Lipinski definition) is 2. The first-order chi connectivity index (χ1) is 10.2. The fraction of sp³-hybridized carbons (Fsp3) is 0.667. The number of methoxy groups -OCH3 is 2. The van der Waals surface area contributed by atoms with Crippen LogP contribution in [0, 0.1) is 17.8 Å². The van der Waals surface area contributed by atoms with E-state index >= 15 is 0 Å². The number of rotatable bonds is 6. The topological polar surface area (TPSA) is 18.5 Å². The fourth-order valence-electron chi connectivity index (χ4n) is 4.34. The van der Waals surface area contributed by atoms with Crippen molar-refractivity contribution < 1.29 is 9.47 Å². The van der Waals surface area contributed by atoms with Gasteiger partial charge in [0, 0.05) is 4.83 Å². The van der Waals surface area contributed by atoms with E-state index in [4.69, 9.17) is 9.47 Å². The molecule has 2 bridgehead atoms. The lowest BCUT2D eigenvalue weighted by Gasteiger charge is -2.24.